The number of rotatable bonds is 2. The molecule has 0 saturated carbocycles. The molecule has 1 unspecified atom stereocenters. The zero-order valence-corrected chi connectivity index (χ0v) is 17.2. The number of amides is 1. The van der Waals surface area contributed by atoms with Gasteiger partial charge in [-0.3, -0.25) is 9.59 Å². The fourth-order valence-corrected chi connectivity index (χ4v) is 4.55. The van der Waals surface area contributed by atoms with Crippen molar-refractivity contribution < 1.29 is 27.5 Å². The zero-order valence-electron chi connectivity index (χ0n) is 17.2. The predicted molar refractivity (Wildman–Crippen MR) is 112 cm³/mol. The maximum atomic E-state index is 14.1. The van der Waals surface area contributed by atoms with E-state index in [2.05, 4.69) is 9.97 Å². The quantitative estimate of drug-likeness (QED) is 0.393. The number of carbonyl (C=O) groups excluding carboxylic acids is 1. The second-order valence-corrected chi connectivity index (χ2v) is 8.15. The highest BCUT2D eigenvalue weighted by atomic mass is 19.2. The Kier molecular flexibility index (Phi) is 4.78. The summed E-state index contributed by atoms with van der Waals surface area (Å²) in [7, 11) is 1.48. The number of aromatic amines is 2. The van der Waals surface area contributed by atoms with Crippen LogP contribution in [0, 0.1) is 23.3 Å². The molecule has 5 rings (SSSR count). The number of aliphatic hydroxyl groups excluding tert-OH is 1. The summed E-state index contributed by atoms with van der Waals surface area (Å²) in [6.07, 6.45) is -0.562. The summed E-state index contributed by atoms with van der Waals surface area (Å²) in [5, 5.41) is 10.7. The zero-order chi connectivity index (χ0) is 23.6. The third-order valence-corrected chi connectivity index (χ3v) is 6.19. The molecule has 0 saturated heterocycles. The number of aromatic nitrogens is 2. The average molecular weight is 459 g/mol. The van der Waals surface area contributed by atoms with Gasteiger partial charge in [-0.25, -0.2) is 17.6 Å². The highest BCUT2D eigenvalue weighted by Crippen LogP contribution is 2.41. The molecule has 0 aliphatic heterocycles. The Morgan fingerprint density at radius 2 is 1.58 bits per heavy atom. The number of fused-ring (bicyclic) bond motifs is 4. The van der Waals surface area contributed by atoms with Crippen LogP contribution in [-0.4, -0.2) is 32.9 Å². The Bertz CT molecular complexity index is 1470. The number of benzene rings is 2. The highest BCUT2D eigenvalue weighted by molar-refractivity contribution is 5.98. The van der Waals surface area contributed by atoms with Crippen LogP contribution in [0.4, 0.5) is 17.6 Å². The molecule has 6 nitrogen and oxygen atoms in total. The standard InChI is InChI=1S/C23H17F4N3O3/c1-30(23(33)17-5-9-4-12(24)15(27)8-16(9)28-17)18-2-3-19(31)21-20(18)10-6-13(25)14(26)7-11(10)22(32)29-21/h4-8,18-19,28,31H,2-3H2,1H3,(H,29,32)/t18-,19?/m0/s1. The van der Waals surface area contributed by atoms with Gasteiger partial charge in [0.2, 0.25) is 0 Å². The summed E-state index contributed by atoms with van der Waals surface area (Å²) >= 11 is 0. The van der Waals surface area contributed by atoms with E-state index in [1.807, 2.05) is 0 Å². The van der Waals surface area contributed by atoms with Crippen LogP contribution >= 0.6 is 0 Å². The topological polar surface area (TPSA) is 89.2 Å². The lowest BCUT2D eigenvalue weighted by Crippen LogP contribution is -2.35. The molecule has 33 heavy (non-hydrogen) atoms. The lowest BCUT2D eigenvalue weighted by atomic mass is 9.85. The largest absolute Gasteiger partial charge is 0.387 e. The third-order valence-electron chi connectivity index (χ3n) is 6.19. The van der Waals surface area contributed by atoms with Gasteiger partial charge in [0.05, 0.1) is 23.2 Å². The van der Waals surface area contributed by atoms with Gasteiger partial charge in [-0.15, -0.1) is 0 Å². The van der Waals surface area contributed by atoms with Crippen LogP contribution in [0.5, 0.6) is 0 Å². The Balaban J connectivity index is 1.63. The summed E-state index contributed by atoms with van der Waals surface area (Å²) in [4.78, 5) is 32.3. The second kappa shape index (κ2) is 7.45. The number of nitrogens with one attached hydrogen (secondary N) is 2. The Labute approximate surface area is 183 Å². The average Bonchev–Trinajstić information content (AvgIpc) is 3.18. The first-order valence-electron chi connectivity index (χ1n) is 10.1. The minimum absolute atomic E-state index is 0.0659. The van der Waals surface area contributed by atoms with Crippen LogP contribution < -0.4 is 5.56 Å². The van der Waals surface area contributed by atoms with Crippen molar-refractivity contribution in [3.63, 3.8) is 0 Å². The monoisotopic (exact) mass is 459 g/mol. The second-order valence-electron chi connectivity index (χ2n) is 8.15. The lowest BCUT2D eigenvalue weighted by Gasteiger charge is -2.35. The van der Waals surface area contributed by atoms with Crippen molar-refractivity contribution in [2.75, 3.05) is 7.05 Å². The Hall–Kier alpha value is -3.66. The van der Waals surface area contributed by atoms with E-state index in [0.717, 1.165) is 24.3 Å². The van der Waals surface area contributed by atoms with E-state index >= 15 is 0 Å². The summed E-state index contributed by atoms with van der Waals surface area (Å²) in [5.74, 6) is -4.99. The normalized spacial score (nSPS) is 18.0. The molecule has 2 aromatic heterocycles. The molecule has 2 aromatic carbocycles. The summed E-state index contributed by atoms with van der Waals surface area (Å²) in [5.41, 5.74) is 0.0612. The highest BCUT2D eigenvalue weighted by Gasteiger charge is 2.34. The van der Waals surface area contributed by atoms with E-state index < -0.39 is 46.9 Å². The van der Waals surface area contributed by atoms with Crippen LogP contribution in [0.25, 0.3) is 21.7 Å². The number of carbonyl (C=O) groups is 1. The van der Waals surface area contributed by atoms with Crippen molar-refractivity contribution >= 4 is 27.6 Å². The molecule has 0 fully saturated rings. The van der Waals surface area contributed by atoms with Gasteiger partial charge in [0, 0.05) is 29.6 Å². The fourth-order valence-electron chi connectivity index (χ4n) is 4.55. The number of hydrogen-bond donors (Lipinski definition) is 3. The Morgan fingerprint density at radius 1 is 0.939 bits per heavy atom. The summed E-state index contributed by atoms with van der Waals surface area (Å²) in [6.45, 7) is 0. The number of pyridine rings is 1. The molecular weight excluding hydrogens is 442 g/mol. The van der Waals surface area contributed by atoms with E-state index in [0.29, 0.717) is 10.9 Å². The molecule has 4 aromatic rings. The minimum Gasteiger partial charge on any atom is -0.387 e. The molecule has 0 spiro atoms. The van der Waals surface area contributed by atoms with Crippen molar-refractivity contribution in [3.05, 3.63) is 80.9 Å². The molecule has 0 radical (unpaired) electrons. The van der Waals surface area contributed by atoms with Gasteiger partial charge in [0.15, 0.2) is 23.3 Å². The van der Waals surface area contributed by atoms with Crippen molar-refractivity contribution in [1.29, 1.82) is 0 Å². The van der Waals surface area contributed by atoms with Crippen molar-refractivity contribution in [2.24, 2.45) is 0 Å². The molecule has 3 N–H and O–H groups in total. The van der Waals surface area contributed by atoms with Crippen LogP contribution in [0.2, 0.25) is 0 Å². The maximum Gasteiger partial charge on any atom is 0.270 e. The van der Waals surface area contributed by atoms with Crippen LogP contribution in [0.1, 0.15) is 46.7 Å². The van der Waals surface area contributed by atoms with Gasteiger partial charge in [-0.2, -0.15) is 0 Å². The van der Waals surface area contributed by atoms with Crippen molar-refractivity contribution in [3.8, 4) is 0 Å². The first-order valence-corrected chi connectivity index (χ1v) is 10.1. The van der Waals surface area contributed by atoms with Gasteiger partial charge in [-0.05, 0) is 42.5 Å². The molecule has 170 valence electrons. The fraction of sp³-hybridized carbons (Fsp3) is 0.217. The smallest absolute Gasteiger partial charge is 0.270 e. The predicted octanol–water partition coefficient (Wildman–Crippen LogP) is 4.21. The van der Waals surface area contributed by atoms with Gasteiger partial charge in [0.1, 0.15) is 5.69 Å². The van der Waals surface area contributed by atoms with Crippen molar-refractivity contribution in [1.82, 2.24) is 14.9 Å². The number of hydrogen-bond acceptors (Lipinski definition) is 3. The van der Waals surface area contributed by atoms with Gasteiger partial charge >= 0.3 is 0 Å². The molecule has 2 heterocycles. The number of halogens is 4. The van der Waals surface area contributed by atoms with E-state index in [4.69, 9.17) is 0 Å². The van der Waals surface area contributed by atoms with Gasteiger partial charge < -0.3 is 20.0 Å². The first kappa shape index (κ1) is 21.2. The van der Waals surface area contributed by atoms with Crippen molar-refractivity contribution in [2.45, 2.75) is 25.0 Å². The van der Waals surface area contributed by atoms with Crippen LogP contribution in [0.15, 0.2) is 35.1 Å². The number of aliphatic hydroxyl groups is 1. The SMILES string of the molecule is CN(C(=O)c1cc2cc(F)c(F)cc2[nH]1)[C@H]1CCC(O)c2[nH]c(=O)c3cc(F)c(F)cc3c21. The van der Waals surface area contributed by atoms with Gasteiger partial charge in [0.25, 0.3) is 11.5 Å². The van der Waals surface area contributed by atoms with E-state index in [1.165, 1.54) is 18.0 Å². The first-order chi connectivity index (χ1) is 15.7. The molecular formula is C23H17F4N3O3. The van der Waals surface area contributed by atoms with Gasteiger partial charge in [-0.1, -0.05) is 0 Å². The molecule has 1 aliphatic carbocycles. The molecule has 0 bridgehead atoms. The van der Waals surface area contributed by atoms with Crippen LogP contribution in [0.3, 0.4) is 0 Å². The Morgan fingerprint density at radius 3 is 2.30 bits per heavy atom. The van der Waals surface area contributed by atoms with E-state index in [9.17, 15) is 32.3 Å². The number of H-pyrrole nitrogens is 2. The summed E-state index contributed by atoms with van der Waals surface area (Å²) in [6, 6.07) is 4.28. The maximum absolute atomic E-state index is 14.1. The molecule has 10 heteroatoms. The molecule has 1 amide bonds. The molecule has 2 atom stereocenters. The number of nitrogens with zero attached hydrogens (tertiary/aromatic N) is 1. The van der Waals surface area contributed by atoms with E-state index in [1.54, 1.807) is 0 Å². The van der Waals surface area contributed by atoms with E-state index in [-0.39, 0.29) is 40.5 Å². The summed E-state index contributed by atoms with van der Waals surface area (Å²) < 4.78 is 55.0. The van der Waals surface area contributed by atoms with Crippen LogP contribution in [-0.2, 0) is 0 Å². The third kappa shape index (κ3) is 3.29. The lowest BCUT2D eigenvalue weighted by molar-refractivity contribution is 0.0657. The minimum atomic E-state index is -1.19. The molecule has 1 aliphatic rings.